The number of carbonyl (C=O) groups excluding carboxylic acids is 2. The van der Waals surface area contributed by atoms with E-state index in [0.29, 0.717) is 39.0 Å². The van der Waals surface area contributed by atoms with E-state index >= 15 is 0 Å². The van der Waals surface area contributed by atoms with Crippen molar-refractivity contribution in [2.45, 2.75) is 26.7 Å². The smallest absolute Gasteiger partial charge is 0.227 e. The van der Waals surface area contributed by atoms with Gasteiger partial charge in [-0.15, -0.1) is 0 Å². The molecule has 2 aromatic carbocycles. The van der Waals surface area contributed by atoms with Crippen molar-refractivity contribution >= 4 is 11.8 Å². The summed E-state index contributed by atoms with van der Waals surface area (Å²) in [5.41, 5.74) is 4.46. The van der Waals surface area contributed by atoms with E-state index in [0.717, 1.165) is 16.7 Å². The number of aryl methyl sites for hydroxylation is 2. The number of nitrogens with zero attached hydrogens (tertiary/aromatic N) is 2. The van der Waals surface area contributed by atoms with Crippen LogP contribution < -0.4 is 0 Å². The van der Waals surface area contributed by atoms with Gasteiger partial charge in [-0.1, -0.05) is 54.1 Å². The summed E-state index contributed by atoms with van der Waals surface area (Å²) in [6.07, 6.45) is 0.864. The van der Waals surface area contributed by atoms with Crippen LogP contribution >= 0.6 is 0 Å². The third-order valence-electron chi connectivity index (χ3n) is 5.03. The van der Waals surface area contributed by atoms with Crippen LogP contribution in [0.25, 0.3) is 0 Å². The zero-order valence-electron chi connectivity index (χ0n) is 15.6. The normalized spacial score (nSPS) is 14.4. The quantitative estimate of drug-likeness (QED) is 0.851. The summed E-state index contributed by atoms with van der Waals surface area (Å²) in [7, 11) is 0. The van der Waals surface area contributed by atoms with Crippen LogP contribution in [-0.2, 0) is 22.4 Å². The Kier molecular flexibility index (Phi) is 5.71. The molecule has 1 fully saturated rings. The maximum absolute atomic E-state index is 12.6. The van der Waals surface area contributed by atoms with E-state index in [-0.39, 0.29) is 11.8 Å². The first-order valence-corrected chi connectivity index (χ1v) is 9.18. The lowest BCUT2D eigenvalue weighted by molar-refractivity contribution is -0.138. The molecule has 4 heteroatoms. The van der Waals surface area contributed by atoms with Crippen LogP contribution in [0.15, 0.2) is 48.5 Å². The average molecular weight is 350 g/mol. The predicted molar refractivity (Wildman–Crippen MR) is 103 cm³/mol. The van der Waals surface area contributed by atoms with E-state index in [2.05, 4.69) is 18.2 Å². The minimum atomic E-state index is 0.137. The first-order chi connectivity index (χ1) is 12.5. The third-order valence-corrected chi connectivity index (χ3v) is 5.03. The van der Waals surface area contributed by atoms with Gasteiger partial charge in [-0.05, 0) is 30.5 Å². The minimum absolute atomic E-state index is 0.137. The van der Waals surface area contributed by atoms with Gasteiger partial charge in [-0.25, -0.2) is 0 Å². The number of hydrogen-bond donors (Lipinski definition) is 0. The summed E-state index contributed by atoms with van der Waals surface area (Å²) >= 11 is 0. The van der Waals surface area contributed by atoms with Crippen molar-refractivity contribution in [3.8, 4) is 0 Å². The summed E-state index contributed by atoms with van der Waals surface area (Å²) in [6, 6.07) is 16.0. The topological polar surface area (TPSA) is 40.6 Å². The highest BCUT2D eigenvalue weighted by atomic mass is 16.2. The molecular formula is C22H26N2O2. The molecule has 3 rings (SSSR count). The van der Waals surface area contributed by atoms with Gasteiger partial charge in [0.25, 0.3) is 0 Å². The number of benzene rings is 2. The van der Waals surface area contributed by atoms with Gasteiger partial charge in [0, 0.05) is 26.2 Å². The molecule has 136 valence electrons. The molecule has 26 heavy (non-hydrogen) atoms. The molecule has 4 nitrogen and oxygen atoms in total. The molecule has 1 heterocycles. The molecule has 0 N–H and O–H groups in total. The molecule has 2 amide bonds. The number of hydrogen-bond acceptors (Lipinski definition) is 2. The van der Waals surface area contributed by atoms with E-state index in [9.17, 15) is 9.59 Å². The highest BCUT2D eigenvalue weighted by Crippen LogP contribution is 2.14. The third kappa shape index (κ3) is 4.51. The molecule has 0 aliphatic carbocycles. The van der Waals surface area contributed by atoms with Gasteiger partial charge in [0.15, 0.2) is 0 Å². The van der Waals surface area contributed by atoms with E-state index in [1.54, 1.807) is 0 Å². The summed E-state index contributed by atoms with van der Waals surface area (Å²) in [4.78, 5) is 28.8. The second-order valence-corrected chi connectivity index (χ2v) is 7.03. The summed E-state index contributed by atoms with van der Waals surface area (Å²) in [5, 5.41) is 0. The Bertz CT molecular complexity index is 778. The van der Waals surface area contributed by atoms with Gasteiger partial charge >= 0.3 is 0 Å². The van der Waals surface area contributed by atoms with Crippen LogP contribution in [0.1, 0.15) is 22.3 Å². The molecule has 0 spiro atoms. The van der Waals surface area contributed by atoms with E-state index < -0.39 is 0 Å². The van der Waals surface area contributed by atoms with Crippen molar-refractivity contribution in [2.75, 3.05) is 26.2 Å². The Balaban J connectivity index is 1.52. The SMILES string of the molecule is Cc1ccc(C)c(CC(=O)N2CCN(C(=O)Cc3ccccc3)CC2)c1. The molecule has 0 radical (unpaired) electrons. The highest BCUT2D eigenvalue weighted by molar-refractivity contribution is 5.81. The molecule has 1 aliphatic rings. The lowest BCUT2D eigenvalue weighted by atomic mass is 10.0. The van der Waals surface area contributed by atoms with Crippen molar-refractivity contribution in [1.82, 2.24) is 9.80 Å². The number of carbonyl (C=O) groups is 2. The van der Waals surface area contributed by atoms with Gasteiger partial charge < -0.3 is 9.80 Å². The zero-order valence-corrected chi connectivity index (χ0v) is 15.6. The lowest BCUT2D eigenvalue weighted by Gasteiger charge is -2.35. The molecule has 0 unspecified atom stereocenters. The van der Waals surface area contributed by atoms with Gasteiger partial charge in [0.1, 0.15) is 0 Å². The first-order valence-electron chi connectivity index (χ1n) is 9.18. The number of amides is 2. The fraction of sp³-hybridized carbons (Fsp3) is 0.364. The van der Waals surface area contributed by atoms with Crippen molar-refractivity contribution in [3.05, 3.63) is 70.8 Å². The van der Waals surface area contributed by atoms with E-state index in [1.807, 2.05) is 54.0 Å². The van der Waals surface area contributed by atoms with Crippen LogP contribution in [-0.4, -0.2) is 47.8 Å². The predicted octanol–water partition coefficient (Wildman–Crippen LogP) is 2.76. The van der Waals surface area contributed by atoms with Crippen LogP contribution in [0.5, 0.6) is 0 Å². The molecule has 0 bridgehead atoms. The Labute approximate surface area is 155 Å². The summed E-state index contributed by atoms with van der Waals surface area (Å²) < 4.78 is 0. The second kappa shape index (κ2) is 8.17. The Hall–Kier alpha value is -2.62. The van der Waals surface area contributed by atoms with Crippen molar-refractivity contribution in [2.24, 2.45) is 0 Å². The maximum atomic E-state index is 12.6. The van der Waals surface area contributed by atoms with Crippen LogP contribution in [0.3, 0.4) is 0 Å². The van der Waals surface area contributed by atoms with E-state index in [4.69, 9.17) is 0 Å². The molecule has 0 aromatic heterocycles. The van der Waals surface area contributed by atoms with Crippen molar-refractivity contribution in [1.29, 1.82) is 0 Å². The van der Waals surface area contributed by atoms with Crippen LogP contribution in [0.2, 0.25) is 0 Å². The monoisotopic (exact) mass is 350 g/mol. The molecular weight excluding hydrogens is 324 g/mol. The zero-order chi connectivity index (χ0) is 18.5. The van der Waals surface area contributed by atoms with Crippen LogP contribution in [0, 0.1) is 13.8 Å². The average Bonchev–Trinajstić information content (AvgIpc) is 2.65. The fourth-order valence-corrected chi connectivity index (χ4v) is 3.35. The Morgan fingerprint density at radius 2 is 1.38 bits per heavy atom. The van der Waals surface area contributed by atoms with Crippen molar-refractivity contribution in [3.63, 3.8) is 0 Å². The highest BCUT2D eigenvalue weighted by Gasteiger charge is 2.24. The molecule has 2 aromatic rings. The Morgan fingerprint density at radius 1 is 0.808 bits per heavy atom. The fourth-order valence-electron chi connectivity index (χ4n) is 3.35. The van der Waals surface area contributed by atoms with Gasteiger partial charge in [-0.2, -0.15) is 0 Å². The minimum Gasteiger partial charge on any atom is -0.339 e. The van der Waals surface area contributed by atoms with E-state index in [1.165, 1.54) is 5.56 Å². The largest absolute Gasteiger partial charge is 0.339 e. The summed E-state index contributed by atoms with van der Waals surface area (Å²) in [6.45, 7) is 6.55. The van der Waals surface area contributed by atoms with Gasteiger partial charge in [0.05, 0.1) is 12.8 Å². The number of rotatable bonds is 4. The second-order valence-electron chi connectivity index (χ2n) is 7.03. The molecule has 0 atom stereocenters. The first kappa shape index (κ1) is 18.2. The van der Waals surface area contributed by atoms with Gasteiger partial charge in [-0.3, -0.25) is 9.59 Å². The maximum Gasteiger partial charge on any atom is 0.227 e. The van der Waals surface area contributed by atoms with Crippen molar-refractivity contribution < 1.29 is 9.59 Å². The van der Waals surface area contributed by atoms with Crippen LogP contribution in [0.4, 0.5) is 0 Å². The summed E-state index contributed by atoms with van der Waals surface area (Å²) in [5.74, 6) is 0.284. The number of piperazine rings is 1. The molecule has 1 aliphatic heterocycles. The standard InChI is InChI=1S/C22H26N2O2/c1-17-8-9-18(2)20(14-17)16-22(26)24-12-10-23(11-13-24)21(25)15-19-6-4-3-5-7-19/h3-9,14H,10-13,15-16H2,1-2H3. The lowest BCUT2D eigenvalue weighted by Crippen LogP contribution is -2.51. The molecule has 0 saturated carbocycles. The molecule has 1 saturated heterocycles. The van der Waals surface area contributed by atoms with Gasteiger partial charge in [0.2, 0.25) is 11.8 Å². The Morgan fingerprint density at radius 3 is 2.00 bits per heavy atom.